The predicted molar refractivity (Wildman–Crippen MR) is 50.4 cm³/mol. The number of nitrogens with one attached hydrogen (secondary N) is 1. The SMILES string of the molecule is CCNCC1(F)CCC(C(F)(F)F)CC1. The highest BCUT2D eigenvalue weighted by atomic mass is 19.4. The van der Waals surface area contributed by atoms with Crippen LogP contribution in [0.5, 0.6) is 0 Å². The van der Waals surface area contributed by atoms with E-state index in [4.69, 9.17) is 0 Å². The van der Waals surface area contributed by atoms with Gasteiger partial charge in [-0.25, -0.2) is 4.39 Å². The second-order valence-corrected chi connectivity index (χ2v) is 4.25. The summed E-state index contributed by atoms with van der Waals surface area (Å²) >= 11 is 0. The van der Waals surface area contributed by atoms with Crippen LogP contribution in [0.25, 0.3) is 0 Å². The van der Waals surface area contributed by atoms with E-state index in [0.717, 1.165) is 0 Å². The molecule has 0 heterocycles. The summed E-state index contributed by atoms with van der Waals surface area (Å²) in [5.74, 6) is -1.30. The Bertz CT molecular complexity index is 194. The average molecular weight is 227 g/mol. The van der Waals surface area contributed by atoms with Crippen molar-refractivity contribution >= 4 is 0 Å². The molecule has 90 valence electrons. The van der Waals surface area contributed by atoms with Gasteiger partial charge in [0.1, 0.15) is 5.67 Å². The highest BCUT2D eigenvalue weighted by molar-refractivity contribution is 4.89. The molecular formula is C10H17F4N. The van der Waals surface area contributed by atoms with Gasteiger partial charge in [0.15, 0.2) is 0 Å². The predicted octanol–water partition coefficient (Wildman–Crippen LogP) is 3.06. The standard InChI is InChI=1S/C10H17F4N/c1-2-15-7-9(11)5-3-8(4-6-9)10(12,13)14/h8,15H,2-7H2,1H3. The molecule has 0 aromatic carbocycles. The molecular weight excluding hydrogens is 210 g/mol. The van der Waals surface area contributed by atoms with E-state index in [1.165, 1.54) is 0 Å². The number of rotatable bonds is 3. The molecule has 1 aliphatic rings. The van der Waals surface area contributed by atoms with Gasteiger partial charge in [-0.05, 0) is 32.2 Å². The van der Waals surface area contributed by atoms with Crippen molar-refractivity contribution in [1.82, 2.24) is 5.32 Å². The van der Waals surface area contributed by atoms with Crippen LogP contribution in [0.3, 0.4) is 0 Å². The van der Waals surface area contributed by atoms with Gasteiger partial charge in [0, 0.05) is 6.54 Å². The fourth-order valence-electron chi connectivity index (χ4n) is 1.99. The zero-order chi connectivity index (χ0) is 11.5. The summed E-state index contributed by atoms with van der Waals surface area (Å²) in [6.07, 6.45) is -4.27. The van der Waals surface area contributed by atoms with Crippen molar-refractivity contribution in [3.05, 3.63) is 0 Å². The molecule has 1 saturated carbocycles. The molecule has 0 bridgehead atoms. The van der Waals surface area contributed by atoms with Crippen molar-refractivity contribution < 1.29 is 17.6 Å². The molecule has 1 rings (SSSR count). The first kappa shape index (κ1) is 12.7. The lowest BCUT2D eigenvalue weighted by atomic mass is 9.79. The van der Waals surface area contributed by atoms with E-state index < -0.39 is 17.8 Å². The van der Waals surface area contributed by atoms with E-state index in [0.29, 0.717) is 6.54 Å². The Morgan fingerprint density at radius 3 is 2.20 bits per heavy atom. The summed E-state index contributed by atoms with van der Waals surface area (Å²) in [5, 5.41) is 2.86. The van der Waals surface area contributed by atoms with Gasteiger partial charge >= 0.3 is 6.18 Å². The third-order valence-electron chi connectivity index (χ3n) is 3.04. The van der Waals surface area contributed by atoms with Gasteiger partial charge in [-0.3, -0.25) is 0 Å². The minimum atomic E-state index is -4.15. The Morgan fingerprint density at radius 1 is 1.27 bits per heavy atom. The Hall–Kier alpha value is -0.320. The van der Waals surface area contributed by atoms with Crippen LogP contribution in [0.2, 0.25) is 0 Å². The first-order valence-corrected chi connectivity index (χ1v) is 5.34. The Kier molecular flexibility index (Phi) is 3.98. The van der Waals surface area contributed by atoms with Crippen LogP contribution < -0.4 is 5.32 Å². The quantitative estimate of drug-likeness (QED) is 0.731. The van der Waals surface area contributed by atoms with Crippen molar-refractivity contribution in [3.63, 3.8) is 0 Å². The summed E-state index contributed by atoms with van der Waals surface area (Å²) in [4.78, 5) is 0. The summed E-state index contributed by atoms with van der Waals surface area (Å²) in [6, 6.07) is 0. The maximum atomic E-state index is 13.9. The molecule has 0 aromatic rings. The van der Waals surface area contributed by atoms with Crippen molar-refractivity contribution in [3.8, 4) is 0 Å². The molecule has 0 aliphatic heterocycles. The normalized spacial score (nSPS) is 33.0. The van der Waals surface area contributed by atoms with Crippen molar-refractivity contribution in [2.24, 2.45) is 5.92 Å². The topological polar surface area (TPSA) is 12.0 Å². The number of hydrogen-bond acceptors (Lipinski definition) is 1. The molecule has 0 spiro atoms. The van der Waals surface area contributed by atoms with E-state index in [1.807, 2.05) is 6.92 Å². The van der Waals surface area contributed by atoms with Gasteiger partial charge in [0.05, 0.1) is 5.92 Å². The van der Waals surface area contributed by atoms with E-state index >= 15 is 0 Å². The van der Waals surface area contributed by atoms with Crippen LogP contribution >= 0.6 is 0 Å². The molecule has 0 aromatic heterocycles. The minimum absolute atomic E-state index is 0.0180. The summed E-state index contributed by atoms with van der Waals surface area (Å²) in [6.45, 7) is 2.67. The van der Waals surface area contributed by atoms with Crippen LogP contribution in [0.1, 0.15) is 32.6 Å². The molecule has 1 N–H and O–H groups in total. The van der Waals surface area contributed by atoms with Gasteiger partial charge < -0.3 is 5.32 Å². The first-order valence-electron chi connectivity index (χ1n) is 5.34. The first-order chi connectivity index (χ1) is 6.87. The summed E-state index contributed by atoms with van der Waals surface area (Å²) in [5.41, 5.74) is -1.43. The van der Waals surface area contributed by atoms with Crippen molar-refractivity contribution in [2.75, 3.05) is 13.1 Å². The molecule has 0 unspecified atom stereocenters. The zero-order valence-electron chi connectivity index (χ0n) is 8.83. The second-order valence-electron chi connectivity index (χ2n) is 4.25. The minimum Gasteiger partial charge on any atom is -0.314 e. The fourth-order valence-corrected chi connectivity index (χ4v) is 1.99. The molecule has 1 aliphatic carbocycles. The van der Waals surface area contributed by atoms with Gasteiger partial charge in [0.25, 0.3) is 0 Å². The van der Waals surface area contributed by atoms with Gasteiger partial charge in [-0.1, -0.05) is 6.92 Å². The average Bonchev–Trinajstić information content (AvgIpc) is 2.14. The molecule has 0 amide bonds. The highest BCUT2D eigenvalue weighted by Gasteiger charge is 2.45. The molecule has 15 heavy (non-hydrogen) atoms. The van der Waals surface area contributed by atoms with Crippen molar-refractivity contribution in [1.29, 1.82) is 0 Å². The number of hydrogen-bond donors (Lipinski definition) is 1. The fraction of sp³-hybridized carbons (Fsp3) is 1.00. The van der Waals surface area contributed by atoms with Gasteiger partial charge in [-0.2, -0.15) is 13.2 Å². The Morgan fingerprint density at radius 2 is 1.80 bits per heavy atom. The molecule has 1 fully saturated rings. The van der Waals surface area contributed by atoms with E-state index in [2.05, 4.69) is 5.32 Å². The van der Waals surface area contributed by atoms with Crippen LogP contribution in [-0.4, -0.2) is 24.9 Å². The maximum absolute atomic E-state index is 13.9. The Balaban J connectivity index is 2.41. The lowest BCUT2D eigenvalue weighted by Crippen LogP contribution is -2.42. The summed E-state index contributed by atoms with van der Waals surface area (Å²) in [7, 11) is 0. The van der Waals surface area contributed by atoms with Gasteiger partial charge in [-0.15, -0.1) is 0 Å². The Labute approximate surface area is 87.2 Å². The number of halogens is 4. The third-order valence-corrected chi connectivity index (χ3v) is 3.04. The monoisotopic (exact) mass is 227 g/mol. The lowest BCUT2D eigenvalue weighted by molar-refractivity contribution is -0.188. The van der Waals surface area contributed by atoms with Crippen LogP contribution in [0, 0.1) is 5.92 Å². The highest BCUT2D eigenvalue weighted by Crippen LogP contribution is 2.42. The van der Waals surface area contributed by atoms with Gasteiger partial charge in [0.2, 0.25) is 0 Å². The molecule has 0 radical (unpaired) electrons. The number of alkyl halides is 4. The van der Waals surface area contributed by atoms with E-state index in [9.17, 15) is 17.6 Å². The molecule has 0 atom stereocenters. The molecule has 1 nitrogen and oxygen atoms in total. The van der Waals surface area contributed by atoms with Crippen LogP contribution in [0.15, 0.2) is 0 Å². The van der Waals surface area contributed by atoms with Crippen LogP contribution in [-0.2, 0) is 0 Å². The molecule has 0 saturated heterocycles. The second kappa shape index (κ2) is 4.68. The molecule has 5 heteroatoms. The van der Waals surface area contributed by atoms with Crippen molar-refractivity contribution in [2.45, 2.75) is 44.5 Å². The van der Waals surface area contributed by atoms with E-state index in [1.54, 1.807) is 0 Å². The lowest BCUT2D eigenvalue weighted by Gasteiger charge is -2.34. The van der Waals surface area contributed by atoms with E-state index in [-0.39, 0.29) is 32.2 Å². The smallest absolute Gasteiger partial charge is 0.314 e. The van der Waals surface area contributed by atoms with Crippen LogP contribution in [0.4, 0.5) is 17.6 Å². The maximum Gasteiger partial charge on any atom is 0.391 e. The third kappa shape index (κ3) is 3.63. The largest absolute Gasteiger partial charge is 0.391 e. The summed E-state index contributed by atoms with van der Waals surface area (Å²) < 4.78 is 50.8. The zero-order valence-corrected chi connectivity index (χ0v) is 8.83.